The van der Waals surface area contributed by atoms with Crippen molar-refractivity contribution in [2.75, 3.05) is 7.05 Å². The summed E-state index contributed by atoms with van der Waals surface area (Å²) in [6.07, 6.45) is 11.6. The monoisotopic (exact) mass is 297 g/mol. The lowest BCUT2D eigenvalue weighted by Gasteiger charge is -2.57. The molecule has 0 aliphatic heterocycles. The van der Waals surface area contributed by atoms with E-state index < -0.39 is 0 Å². The summed E-state index contributed by atoms with van der Waals surface area (Å²) < 4.78 is 0. The van der Waals surface area contributed by atoms with Gasteiger partial charge >= 0.3 is 0 Å². The average Bonchev–Trinajstić information content (AvgIpc) is 2.51. The van der Waals surface area contributed by atoms with Gasteiger partial charge in [0, 0.05) is 12.6 Å². The van der Waals surface area contributed by atoms with Crippen molar-refractivity contribution in [3.05, 3.63) is 35.4 Å². The molecule has 0 heterocycles. The summed E-state index contributed by atoms with van der Waals surface area (Å²) >= 11 is 0. The minimum absolute atomic E-state index is 0.00707. The molecule has 1 aromatic carbocycles. The van der Waals surface area contributed by atoms with E-state index in [0.717, 1.165) is 23.3 Å². The van der Waals surface area contributed by atoms with Gasteiger partial charge in [-0.05, 0) is 92.2 Å². The second kappa shape index (κ2) is 5.40. The van der Waals surface area contributed by atoms with Crippen molar-refractivity contribution in [1.82, 2.24) is 5.32 Å². The Morgan fingerprint density at radius 1 is 1.05 bits per heavy atom. The van der Waals surface area contributed by atoms with E-state index in [1.54, 1.807) is 7.05 Å². The standard InChI is InChI=1S/C20H27NO/c1-21-19(22)18-4-2-14(3-5-18)6-7-20-11-15-8-16(12-20)10-17(9-15)13-20/h2-5,15-17H,6-13H2,1H3,(H,21,22). The van der Waals surface area contributed by atoms with Gasteiger partial charge in [0.25, 0.3) is 5.91 Å². The zero-order valence-corrected chi connectivity index (χ0v) is 13.6. The molecule has 0 spiro atoms. The SMILES string of the molecule is CNC(=O)c1ccc(CCC23CC4CC(CC(C4)C2)C3)cc1. The Kier molecular flexibility index (Phi) is 3.51. The van der Waals surface area contributed by atoms with E-state index in [4.69, 9.17) is 0 Å². The Labute approximate surface area is 133 Å². The van der Waals surface area contributed by atoms with Crippen LogP contribution in [0.3, 0.4) is 0 Å². The predicted octanol–water partition coefficient (Wildman–Crippen LogP) is 4.20. The van der Waals surface area contributed by atoms with Crippen molar-refractivity contribution < 1.29 is 4.79 Å². The smallest absolute Gasteiger partial charge is 0.251 e. The second-order valence-corrected chi connectivity index (χ2v) is 8.19. The van der Waals surface area contributed by atoms with Crippen LogP contribution in [0.4, 0.5) is 0 Å². The van der Waals surface area contributed by atoms with Gasteiger partial charge in [-0.1, -0.05) is 12.1 Å². The highest BCUT2D eigenvalue weighted by molar-refractivity contribution is 5.93. The van der Waals surface area contributed by atoms with Crippen LogP contribution in [-0.4, -0.2) is 13.0 Å². The van der Waals surface area contributed by atoms with Gasteiger partial charge in [-0.25, -0.2) is 0 Å². The molecular formula is C20H27NO. The average molecular weight is 297 g/mol. The number of rotatable bonds is 4. The van der Waals surface area contributed by atoms with E-state index in [0.29, 0.717) is 5.41 Å². The van der Waals surface area contributed by atoms with E-state index in [9.17, 15) is 4.79 Å². The summed E-state index contributed by atoms with van der Waals surface area (Å²) in [6, 6.07) is 8.22. The molecule has 4 aliphatic carbocycles. The molecule has 4 fully saturated rings. The minimum Gasteiger partial charge on any atom is -0.355 e. The van der Waals surface area contributed by atoms with E-state index in [2.05, 4.69) is 17.4 Å². The maximum atomic E-state index is 11.6. The van der Waals surface area contributed by atoms with Crippen molar-refractivity contribution in [2.24, 2.45) is 23.2 Å². The Hall–Kier alpha value is -1.31. The Balaban J connectivity index is 1.41. The van der Waals surface area contributed by atoms with Crippen molar-refractivity contribution in [3.8, 4) is 0 Å². The summed E-state index contributed by atoms with van der Waals surface area (Å²) in [6.45, 7) is 0. The maximum absolute atomic E-state index is 11.6. The molecule has 1 N–H and O–H groups in total. The number of hydrogen-bond acceptors (Lipinski definition) is 1. The normalized spacial score (nSPS) is 35.6. The second-order valence-electron chi connectivity index (χ2n) is 8.19. The van der Waals surface area contributed by atoms with Crippen LogP contribution < -0.4 is 5.32 Å². The largest absolute Gasteiger partial charge is 0.355 e. The van der Waals surface area contributed by atoms with Gasteiger partial charge in [0.1, 0.15) is 0 Å². The topological polar surface area (TPSA) is 29.1 Å². The van der Waals surface area contributed by atoms with Crippen LogP contribution in [0.25, 0.3) is 0 Å². The molecule has 1 amide bonds. The zero-order chi connectivity index (χ0) is 15.2. The molecule has 0 unspecified atom stereocenters. The van der Waals surface area contributed by atoms with Gasteiger partial charge in [-0.3, -0.25) is 4.79 Å². The molecule has 0 saturated heterocycles. The lowest BCUT2D eigenvalue weighted by Crippen LogP contribution is -2.46. The Morgan fingerprint density at radius 2 is 1.59 bits per heavy atom. The van der Waals surface area contributed by atoms with Gasteiger partial charge in [-0.2, -0.15) is 0 Å². The molecule has 5 rings (SSSR count). The number of carbonyl (C=O) groups excluding carboxylic acids is 1. The van der Waals surface area contributed by atoms with Crippen LogP contribution in [0.2, 0.25) is 0 Å². The highest BCUT2D eigenvalue weighted by Crippen LogP contribution is 2.61. The number of amides is 1. The Bertz CT molecular complexity index is 524. The van der Waals surface area contributed by atoms with E-state index in [1.165, 1.54) is 56.9 Å². The van der Waals surface area contributed by atoms with Crippen LogP contribution in [-0.2, 0) is 6.42 Å². The molecule has 2 heteroatoms. The predicted molar refractivity (Wildman–Crippen MR) is 88.8 cm³/mol. The molecule has 118 valence electrons. The number of benzene rings is 1. The highest BCUT2D eigenvalue weighted by Gasteiger charge is 2.50. The van der Waals surface area contributed by atoms with Gasteiger partial charge < -0.3 is 5.32 Å². The van der Waals surface area contributed by atoms with Gasteiger partial charge in [-0.15, -0.1) is 0 Å². The first-order chi connectivity index (χ1) is 10.7. The molecular weight excluding hydrogens is 270 g/mol. The molecule has 4 saturated carbocycles. The van der Waals surface area contributed by atoms with Crippen LogP contribution >= 0.6 is 0 Å². The fourth-order valence-electron chi connectivity index (χ4n) is 5.97. The minimum atomic E-state index is 0.00707. The van der Waals surface area contributed by atoms with Crippen molar-refractivity contribution in [3.63, 3.8) is 0 Å². The molecule has 4 bridgehead atoms. The van der Waals surface area contributed by atoms with E-state index in [1.807, 2.05) is 12.1 Å². The van der Waals surface area contributed by atoms with Crippen molar-refractivity contribution >= 4 is 5.91 Å². The molecule has 2 nitrogen and oxygen atoms in total. The summed E-state index contributed by atoms with van der Waals surface area (Å²) in [7, 11) is 1.68. The number of hydrogen-bond donors (Lipinski definition) is 1. The third kappa shape index (κ3) is 2.57. The first-order valence-electron chi connectivity index (χ1n) is 8.97. The number of carbonyl (C=O) groups is 1. The van der Waals surface area contributed by atoms with Crippen molar-refractivity contribution in [2.45, 2.75) is 51.4 Å². The van der Waals surface area contributed by atoms with E-state index >= 15 is 0 Å². The third-order valence-electron chi connectivity index (χ3n) is 6.55. The fraction of sp³-hybridized carbons (Fsp3) is 0.650. The molecule has 0 atom stereocenters. The fourth-order valence-corrected chi connectivity index (χ4v) is 5.97. The van der Waals surface area contributed by atoms with Gasteiger partial charge in [0.15, 0.2) is 0 Å². The van der Waals surface area contributed by atoms with Crippen molar-refractivity contribution in [1.29, 1.82) is 0 Å². The lowest BCUT2D eigenvalue weighted by atomic mass is 9.48. The molecule has 0 radical (unpaired) electrons. The van der Waals surface area contributed by atoms with Crippen LogP contribution in [0.15, 0.2) is 24.3 Å². The van der Waals surface area contributed by atoms with Gasteiger partial charge in [0.05, 0.1) is 0 Å². The molecule has 4 aliphatic rings. The molecule has 0 aromatic heterocycles. The highest BCUT2D eigenvalue weighted by atomic mass is 16.1. The Morgan fingerprint density at radius 3 is 2.09 bits per heavy atom. The van der Waals surface area contributed by atoms with Crippen LogP contribution in [0.5, 0.6) is 0 Å². The zero-order valence-electron chi connectivity index (χ0n) is 13.6. The lowest BCUT2D eigenvalue weighted by molar-refractivity contribution is -0.0569. The van der Waals surface area contributed by atoms with Gasteiger partial charge in [0.2, 0.25) is 0 Å². The summed E-state index contributed by atoms with van der Waals surface area (Å²) in [5.41, 5.74) is 2.82. The maximum Gasteiger partial charge on any atom is 0.251 e. The first-order valence-corrected chi connectivity index (χ1v) is 8.97. The summed E-state index contributed by atoms with van der Waals surface area (Å²) in [4.78, 5) is 11.6. The third-order valence-corrected chi connectivity index (χ3v) is 6.55. The number of aryl methyl sites for hydroxylation is 1. The molecule has 1 aromatic rings. The summed E-state index contributed by atoms with van der Waals surface area (Å²) in [5.74, 6) is 3.14. The van der Waals surface area contributed by atoms with Crippen LogP contribution in [0.1, 0.15) is 60.9 Å². The molecule has 22 heavy (non-hydrogen) atoms. The van der Waals surface area contributed by atoms with E-state index in [-0.39, 0.29) is 5.91 Å². The summed E-state index contributed by atoms with van der Waals surface area (Å²) in [5, 5.41) is 2.68. The first kappa shape index (κ1) is 14.3. The van der Waals surface area contributed by atoms with Crippen LogP contribution in [0, 0.1) is 23.2 Å². The number of nitrogens with one attached hydrogen (secondary N) is 1. The quantitative estimate of drug-likeness (QED) is 0.887.